The Hall–Kier alpha value is -0.0700. The average molecular weight is 712 g/mol. The first-order valence-corrected chi connectivity index (χ1v) is 14.9. The van der Waals surface area contributed by atoms with E-state index in [2.05, 4.69) is 19.0 Å². The van der Waals surface area contributed by atoms with Gasteiger partial charge in [0.25, 0.3) is 0 Å². The smallest absolute Gasteiger partial charge is 0.870 e. The number of para-hydroxylation sites is 2. The van der Waals surface area contributed by atoms with Crippen molar-refractivity contribution < 1.29 is 113 Å². The maximum atomic E-state index is 9.72. The van der Waals surface area contributed by atoms with E-state index in [0.717, 1.165) is 58.1 Å². The number of halogens is 1. The Bertz CT molecular complexity index is 873. The molecule has 2 fully saturated rings. The molecule has 3 unspecified atom stereocenters. The second-order valence-electron chi connectivity index (χ2n) is 10.6. The van der Waals surface area contributed by atoms with E-state index < -0.39 is 6.10 Å². The van der Waals surface area contributed by atoms with Gasteiger partial charge in [0.05, 0.1) is 52.5 Å². The van der Waals surface area contributed by atoms with Crippen molar-refractivity contribution >= 4 is 11.6 Å². The summed E-state index contributed by atoms with van der Waals surface area (Å²) in [6, 6.07) is 19.6. The average Bonchev–Trinajstić information content (AvgIpc) is 3.92. The second-order valence-corrected chi connectivity index (χ2v) is 10.9. The molecule has 0 saturated carbocycles. The number of nitrogens with zero attached hydrogens (tertiary/aromatic N) is 2. The number of hydrogen-bond donors (Lipinski definition) is 2. The minimum Gasteiger partial charge on any atom is -0.870 e. The summed E-state index contributed by atoms with van der Waals surface area (Å²) in [6.45, 7) is 6.75. The van der Waals surface area contributed by atoms with Gasteiger partial charge in [0, 0.05) is 27.9 Å². The molecule has 0 radical (unpaired) electrons. The predicted octanol–water partition coefficient (Wildman–Crippen LogP) is -3.31. The minimum absolute atomic E-state index is 0. The van der Waals surface area contributed by atoms with Crippen LogP contribution in [0.25, 0.3) is 0 Å². The summed E-state index contributed by atoms with van der Waals surface area (Å²) in [5.41, 5.74) is 0. The maximum absolute atomic E-state index is 9.72. The SMILES string of the molecule is CN(C)CCOc1ccccc1.CO.COCC(O)C[N+](C)(C)CCOc1ccccc1.COCC1CO1.ClCC1CO1.[Na+].[Na+].[OH-].[OH-]. The molecule has 3 atom stereocenters. The van der Waals surface area contributed by atoms with Crippen molar-refractivity contribution in [2.45, 2.75) is 18.3 Å². The van der Waals surface area contributed by atoms with Gasteiger partial charge in [-0.25, -0.2) is 0 Å². The summed E-state index contributed by atoms with van der Waals surface area (Å²) in [6.07, 6.45) is 0.397. The number of aliphatic hydroxyl groups excluding tert-OH is 2. The first-order valence-electron chi connectivity index (χ1n) is 14.4. The van der Waals surface area contributed by atoms with Crippen LogP contribution in [0.15, 0.2) is 60.7 Å². The van der Waals surface area contributed by atoms with Crippen molar-refractivity contribution in [3.8, 4) is 11.5 Å². The molecule has 2 aliphatic rings. The number of epoxide rings is 2. The molecule has 15 heteroatoms. The molecule has 2 saturated heterocycles. The molecule has 2 aromatic rings. The van der Waals surface area contributed by atoms with Crippen LogP contribution in [0.3, 0.4) is 0 Å². The van der Waals surface area contributed by atoms with Crippen LogP contribution in [0.4, 0.5) is 0 Å². The van der Waals surface area contributed by atoms with Crippen LogP contribution >= 0.6 is 11.6 Å². The van der Waals surface area contributed by atoms with Crippen LogP contribution in [-0.2, 0) is 18.9 Å². The van der Waals surface area contributed by atoms with E-state index in [9.17, 15) is 5.11 Å². The Morgan fingerprint density at radius 3 is 1.60 bits per heavy atom. The number of methoxy groups -OCH3 is 2. The van der Waals surface area contributed by atoms with Crippen LogP contribution in [0, 0.1) is 0 Å². The first kappa shape index (κ1) is 56.3. The van der Waals surface area contributed by atoms with E-state index in [1.54, 1.807) is 14.2 Å². The van der Waals surface area contributed by atoms with Gasteiger partial charge in [0.2, 0.25) is 0 Å². The number of quaternary nitrogens is 1. The number of rotatable bonds is 15. The molecule has 47 heavy (non-hydrogen) atoms. The van der Waals surface area contributed by atoms with Gasteiger partial charge < -0.3 is 59.0 Å². The number of aliphatic hydroxyl groups is 2. The van der Waals surface area contributed by atoms with E-state index in [4.69, 9.17) is 45.1 Å². The predicted molar refractivity (Wildman–Crippen MR) is 176 cm³/mol. The Kier molecular flexibility index (Phi) is 44.6. The number of benzene rings is 2. The topological polar surface area (TPSA) is 166 Å². The van der Waals surface area contributed by atoms with E-state index in [-0.39, 0.29) is 70.1 Å². The zero-order chi connectivity index (χ0) is 32.3. The molecule has 2 heterocycles. The third kappa shape index (κ3) is 38.6. The van der Waals surface area contributed by atoms with Crippen molar-refractivity contribution in [2.24, 2.45) is 0 Å². The van der Waals surface area contributed by atoms with E-state index in [1.165, 1.54) is 0 Å². The molecule has 264 valence electrons. The van der Waals surface area contributed by atoms with Gasteiger partial charge in [0.15, 0.2) is 0 Å². The fourth-order valence-corrected chi connectivity index (χ4v) is 3.38. The molecular formula is C32H58ClN2Na2O10+. The van der Waals surface area contributed by atoms with Crippen LogP contribution in [0.1, 0.15) is 0 Å². The molecule has 2 aromatic carbocycles. The van der Waals surface area contributed by atoms with Gasteiger partial charge >= 0.3 is 59.1 Å². The van der Waals surface area contributed by atoms with Gasteiger partial charge in [-0.2, -0.15) is 0 Å². The van der Waals surface area contributed by atoms with Crippen molar-refractivity contribution in [1.82, 2.24) is 4.90 Å². The van der Waals surface area contributed by atoms with Crippen molar-refractivity contribution in [1.29, 1.82) is 0 Å². The van der Waals surface area contributed by atoms with Gasteiger partial charge in [-0.3, -0.25) is 0 Å². The van der Waals surface area contributed by atoms with Gasteiger partial charge in [-0.1, -0.05) is 36.4 Å². The van der Waals surface area contributed by atoms with Gasteiger partial charge in [-0.05, 0) is 38.4 Å². The summed E-state index contributed by atoms with van der Waals surface area (Å²) in [4.78, 5) is 2.10. The van der Waals surface area contributed by atoms with E-state index in [0.29, 0.717) is 42.3 Å². The Balaban J connectivity index is -0.000000175. The number of hydrogen-bond acceptors (Lipinski definition) is 11. The molecule has 0 spiro atoms. The van der Waals surface area contributed by atoms with E-state index in [1.807, 2.05) is 74.8 Å². The standard InChI is InChI=1S/C14H24NO3.C10H15NO.C4H8O2.C3H5ClO.CH4O.2Na.2H2O/c1-15(2,11-13(16)12-17-3)9-10-18-14-7-5-4-6-8-14;1-11(2)8-9-12-10-6-4-3-5-7-10;1-5-2-4-3-6-4;4-1-3-2-5-3;1-2;;;;/h4-8,13,16H,9-12H2,1-3H3;3-7H,8-9H2,1-2H3;4H,2-3H2,1H3;3H,1-2H2;2H,1H3;;;2*1H2/q+1;;;;;2*+1;;/p-2. The second kappa shape index (κ2) is 37.2. The minimum atomic E-state index is -0.429. The zero-order valence-electron chi connectivity index (χ0n) is 30.1. The van der Waals surface area contributed by atoms with Crippen LogP contribution in [-0.4, -0.2) is 164 Å². The zero-order valence-corrected chi connectivity index (χ0v) is 34.8. The number of ether oxygens (including phenoxy) is 6. The molecule has 4 rings (SSSR count). The monoisotopic (exact) mass is 711 g/mol. The number of likely N-dealkylation sites (N-methyl/N-ethyl adjacent to an activating group) is 2. The molecule has 0 amide bonds. The number of alkyl halides is 1. The fraction of sp³-hybridized carbons (Fsp3) is 0.625. The molecule has 4 N–H and O–H groups in total. The molecule has 0 aliphatic carbocycles. The molecule has 12 nitrogen and oxygen atoms in total. The molecule has 2 aliphatic heterocycles. The van der Waals surface area contributed by atoms with Crippen molar-refractivity contribution in [3.05, 3.63) is 60.7 Å². The largest absolute Gasteiger partial charge is 1.00 e. The first-order chi connectivity index (χ1) is 20.7. The molecular weight excluding hydrogens is 654 g/mol. The summed E-state index contributed by atoms with van der Waals surface area (Å²) in [5, 5.41) is 16.7. The third-order valence-corrected chi connectivity index (χ3v) is 6.00. The molecule has 0 bridgehead atoms. The van der Waals surface area contributed by atoms with Gasteiger partial charge in [-0.15, -0.1) is 11.6 Å². The van der Waals surface area contributed by atoms with Crippen molar-refractivity contribution in [3.63, 3.8) is 0 Å². The normalized spacial score (nSPS) is 15.4. The maximum Gasteiger partial charge on any atom is 1.00 e. The summed E-state index contributed by atoms with van der Waals surface area (Å²) in [7, 11) is 12.5. The summed E-state index contributed by atoms with van der Waals surface area (Å²) in [5.74, 6) is 2.49. The Morgan fingerprint density at radius 2 is 1.28 bits per heavy atom. The third-order valence-electron chi connectivity index (χ3n) is 5.65. The van der Waals surface area contributed by atoms with Crippen LogP contribution in [0.5, 0.6) is 11.5 Å². The molecule has 0 aromatic heterocycles. The van der Waals surface area contributed by atoms with Crippen LogP contribution < -0.4 is 68.6 Å². The van der Waals surface area contributed by atoms with E-state index >= 15 is 0 Å². The quantitative estimate of drug-likeness (QED) is 0.0823. The Labute approximate surface area is 332 Å². The fourth-order valence-electron chi connectivity index (χ4n) is 3.20. The van der Waals surface area contributed by atoms with Gasteiger partial charge in [0.1, 0.15) is 50.0 Å². The summed E-state index contributed by atoms with van der Waals surface area (Å²) >= 11 is 5.27. The summed E-state index contributed by atoms with van der Waals surface area (Å²) < 4.78 is 31.1. The van der Waals surface area contributed by atoms with Crippen molar-refractivity contribution in [2.75, 3.05) is 115 Å². The van der Waals surface area contributed by atoms with Crippen LogP contribution in [0.2, 0.25) is 0 Å². The Morgan fingerprint density at radius 1 is 0.830 bits per heavy atom.